The average Bonchev–Trinajstić information content (AvgIpc) is 3.57. The van der Waals surface area contributed by atoms with Gasteiger partial charge in [0.15, 0.2) is 0 Å². The van der Waals surface area contributed by atoms with Gasteiger partial charge in [-0.05, 0) is 88.6 Å². The molecule has 2 N–H and O–H groups in total. The first-order chi connectivity index (χ1) is 17.9. The minimum absolute atomic E-state index is 0.0167. The number of hydrogen-bond acceptors (Lipinski definition) is 7. The molecule has 1 heterocycles. The zero-order valence-electron chi connectivity index (χ0n) is 22.6. The number of carbonyl (C=O) groups excluding carboxylic acids is 1. The second kappa shape index (κ2) is 11.5. The largest absolute Gasteiger partial charge is 0.489 e. The second-order valence-electron chi connectivity index (χ2n) is 11.1. The van der Waals surface area contributed by atoms with Crippen LogP contribution in [-0.2, 0) is 21.3 Å². The van der Waals surface area contributed by atoms with Gasteiger partial charge in [-0.1, -0.05) is 12.1 Å². The molecule has 2 aliphatic rings. The van der Waals surface area contributed by atoms with Crippen LogP contribution < -0.4 is 10.1 Å². The van der Waals surface area contributed by atoms with Crippen LogP contribution in [0.3, 0.4) is 0 Å². The minimum Gasteiger partial charge on any atom is -0.489 e. The van der Waals surface area contributed by atoms with Crippen LogP contribution in [0.15, 0.2) is 47.5 Å². The number of rotatable bonds is 10. The fourth-order valence-electron chi connectivity index (χ4n) is 4.35. The Kier molecular flexibility index (Phi) is 8.54. The SMILES string of the molecule is CN(Cc1cc(C2=CCCCC2)n(S(=O)(=O)c2cccc(OCC(O)NC3CC3)c2)c1)C(=O)OC(C)(C)C. The van der Waals surface area contributed by atoms with Crippen LogP contribution in [0.1, 0.15) is 70.6 Å². The molecule has 0 bridgehead atoms. The van der Waals surface area contributed by atoms with E-state index < -0.39 is 27.9 Å². The number of amides is 1. The molecule has 1 atom stereocenters. The Hall–Kier alpha value is -2.82. The fraction of sp³-hybridized carbons (Fsp3) is 0.536. The first kappa shape index (κ1) is 28.2. The average molecular weight is 546 g/mol. The summed E-state index contributed by atoms with van der Waals surface area (Å²) in [5, 5.41) is 13.1. The molecular formula is C28H39N3O6S. The van der Waals surface area contributed by atoms with Crippen LogP contribution >= 0.6 is 0 Å². The number of nitrogens with zero attached hydrogens (tertiary/aromatic N) is 2. The van der Waals surface area contributed by atoms with E-state index in [0.29, 0.717) is 23.0 Å². The first-order valence-electron chi connectivity index (χ1n) is 13.2. The van der Waals surface area contributed by atoms with Crippen LogP contribution in [0.2, 0.25) is 0 Å². The summed E-state index contributed by atoms with van der Waals surface area (Å²) in [6, 6.07) is 8.48. The number of aromatic nitrogens is 1. The highest BCUT2D eigenvalue weighted by Crippen LogP contribution is 2.32. The van der Waals surface area contributed by atoms with Gasteiger partial charge in [-0.15, -0.1) is 0 Å². The number of ether oxygens (including phenoxy) is 2. The van der Waals surface area contributed by atoms with Gasteiger partial charge in [0, 0.05) is 25.4 Å². The minimum atomic E-state index is -3.97. The summed E-state index contributed by atoms with van der Waals surface area (Å²) in [6.45, 7) is 5.63. The van der Waals surface area contributed by atoms with Gasteiger partial charge < -0.3 is 19.5 Å². The Labute approximate surface area is 225 Å². The van der Waals surface area contributed by atoms with E-state index in [-0.39, 0.29) is 18.0 Å². The van der Waals surface area contributed by atoms with Gasteiger partial charge in [-0.2, -0.15) is 0 Å². The lowest BCUT2D eigenvalue weighted by Crippen LogP contribution is -2.35. The van der Waals surface area contributed by atoms with Crippen LogP contribution in [0.25, 0.3) is 5.57 Å². The molecule has 1 fully saturated rings. The van der Waals surface area contributed by atoms with Crippen molar-refractivity contribution in [3.63, 3.8) is 0 Å². The third kappa shape index (κ3) is 7.39. The van der Waals surface area contributed by atoms with Gasteiger partial charge in [-0.25, -0.2) is 17.2 Å². The summed E-state index contributed by atoms with van der Waals surface area (Å²) >= 11 is 0. The first-order valence-corrected chi connectivity index (χ1v) is 14.6. The van der Waals surface area contributed by atoms with E-state index in [0.717, 1.165) is 44.1 Å². The van der Waals surface area contributed by atoms with E-state index in [1.54, 1.807) is 46.1 Å². The van der Waals surface area contributed by atoms with E-state index in [2.05, 4.69) is 11.4 Å². The number of nitrogens with one attached hydrogen (secondary N) is 1. The molecule has 10 heteroatoms. The normalized spacial score (nSPS) is 17.0. The van der Waals surface area contributed by atoms with Crippen LogP contribution in [-0.4, -0.2) is 60.0 Å². The molecule has 4 rings (SSSR count). The van der Waals surface area contributed by atoms with Gasteiger partial charge in [0.25, 0.3) is 10.0 Å². The van der Waals surface area contributed by atoms with Crippen molar-refractivity contribution in [3.8, 4) is 5.75 Å². The highest BCUT2D eigenvalue weighted by Gasteiger charge is 2.27. The lowest BCUT2D eigenvalue weighted by molar-refractivity contribution is 0.0285. The Morgan fingerprint density at radius 2 is 2.00 bits per heavy atom. The smallest absolute Gasteiger partial charge is 0.410 e. The fourth-order valence-corrected chi connectivity index (χ4v) is 5.79. The third-order valence-corrected chi connectivity index (χ3v) is 8.03. The molecule has 0 aliphatic heterocycles. The molecule has 2 aliphatic carbocycles. The predicted octanol–water partition coefficient (Wildman–Crippen LogP) is 4.50. The Morgan fingerprint density at radius 1 is 1.24 bits per heavy atom. The molecule has 1 saturated carbocycles. The summed E-state index contributed by atoms with van der Waals surface area (Å²) in [6.07, 6.45) is 8.21. The molecule has 9 nitrogen and oxygen atoms in total. The number of hydrogen-bond donors (Lipinski definition) is 2. The number of aliphatic hydroxyl groups is 1. The number of carbonyl (C=O) groups is 1. The van der Waals surface area contributed by atoms with E-state index in [1.165, 1.54) is 21.0 Å². The van der Waals surface area contributed by atoms with Crippen molar-refractivity contribution >= 4 is 21.7 Å². The topological polar surface area (TPSA) is 110 Å². The molecule has 208 valence electrons. The Balaban J connectivity index is 1.59. The maximum Gasteiger partial charge on any atom is 0.410 e. The molecule has 1 unspecified atom stereocenters. The van der Waals surface area contributed by atoms with Gasteiger partial charge >= 0.3 is 6.09 Å². The van der Waals surface area contributed by atoms with Gasteiger partial charge in [0.1, 0.15) is 24.2 Å². The highest BCUT2D eigenvalue weighted by molar-refractivity contribution is 7.90. The van der Waals surface area contributed by atoms with Crippen LogP contribution in [0.4, 0.5) is 4.79 Å². The standard InChI is InChI=1S/C28H39N3O6S/c1-28(2,3)37-27(33)30(4)17-20-15-25(21-9-6-5-7-10-21)31(18-20)38(34,35)24-12-8-11-23(16-24)36-19-26(32)29-22-13-14-22/h8-9,11-12,15-16,18,22,26,29,32H,5-7,10,13-14,17,19H2,1-4H3. The lowest BCUT2D eigenvalue weighted by atomic mass is 9.97. The third-order valence-electron chi connectivity index (χ3n) is 6.36. The van der Waals surface area contributed by atoms with Crippen LogP contribution in [0.5, 0.6) is 5.75 Å². The summed E-state index contributed by atoms with van der Waals surface area (Å²) in [7, 11) is -2.34. The summed E-state index contributed by atoms with van der Waals surface area (Å²) < 4.78 is 40.2. The van der Waals surface area contributed by atoms with Crippen molar-refractivity contribution < 1.29 is 27.8 Å². The molecule has 1 aromatic carbocycles. The zero-order chi connectivity index (χ0) is 27.5. The number of aliphatic hydroxyl groups excluding tert-OH is 1. The highest BCUT2D eigenvalue weighted by atomic mass is 32.2. The Bertz CT molecular complexity index is 1270. The number of benzene rings is 1. The second-order valence-corrected chi connectivity index (χ2v) is 12.9. The molecule has 0 spiro atoms. The maximum atomic E-state index is 13.9. The summed E-state index contributed by atoms with van der Waals surface area (Å²) in [5.74, 6) is 0.359. The van der Waals surface area contributed by atoms with Gasteiger partial charge in [0.2, 0.25) is 0 Å². The van der Waals surface area contributed by atoms with Crippen molar-refractivity contribution in [2.45, 2.75) is 88.6 Å². The molecule has 0 radical (unpaired) electrons. The summed E-state index contributed by atoms with van der Waals surface area (Å²) in [4.78, 5) is 14.0. The van der Waals surface area contributed by atoms with Crippen molar-refractivity contribution in [1.29, 1.82) is 0 Å². The van der Waals surface area contributed by atoms with Crippen molar-refractivity contribution in [3.05, 3.63) is 53.9 Å². The Morgan fingerprint density at radius 3 is 2.66 bits per heavy atom. The monoisotopic (exact) mass is 545 g/mol. The van der Waals surface area contributed by atoms with E-state index in [4.69, 9.17) is 9.47 Å². The molecular weight excluding hydrogens is 506 g/mol. The van der Waals surface area contributed by atoms with E-state index >= 15 is 0 Å². The van der Waals surface area contributed by atoms with Crippen molar-refractivity contribution in [2.24, 2.45) is 0 Å². The van der Waals surface area contributed by atoms with Crippen molar-refractivity contribution in [2.75, 3.05) is 13.7 Å². The van der Waals surface area contributed by atoms with Crippen molar-refractivity contribution in [1.82, 2.24) is 14.2 Å². The maximum absolute atomic E-state index is 13.9. The molecule has 0 saturated heterocycles. The lowest BCUT2D eigenvalue weighted by Gasteiger charge is -2.24. The van der Waals surface area contributed by atoms with E-state index in [9.17, 15) is 18.3 Å². The summed E-state index contributed by atoms with van der Waals surface area (Å²) in [5.41, 5.74) is 1.64. The zero-order valence-corrected chi connectivity index (χ0v) is 23.5. The predicted molar refractivity (Wildman–Crippen MR) is 145 cm³/mol. The number of allylic oxidation sites excluding steroid dienone is 2. The van der Waals surface area contributed by atoms with Gasteiger partial charge in [-0.3, -0.25) is 5.32 Å². The van der Waals surface area contributed by atoms with Crippen LogP contribution in [0, 0.1) is 0 Å². The quantitative estimate of drug-likeness (QED) is 0.423. The van der Waals surface area contributed by atoms with E-state index in [1.807, 2.05) is 6.07 Å². The molecule has 1 aromatic heterocycles. The molecule has 2 aromatic rings. The molecule has 38 heavy (non-hydrogen) atoms. The molecule has 1 amide bonds. The van der Waals surface area contributed by atoms with Gasteiger partial charge in [0.05, 0.1) is 17.1 Å².